The van der Waals surface area contributed by atoms with Crippen molar-refractivity contribution in [2.75, 3.05) is 0 Å². The largest absolute Gasteiger partial charge is 0.298 e. The van der Waals surface area contributed by atoms with Gasteiger partial charge in [-0.1, -0.05) is 42.5 Å². The lowest BCUT2D eigenvalue weighted by atomic mass is 9.74. The summed E-state index contributed by atoms with van der Waals surface area (Å²) in [6.07, 6.45) is 6.75. The van der Waals surface area contributed by atoms with E-state index < -0.39 is 0 Å². The normalized spacial score (nSPS) is 27.3. The average Bonchev–Trinajstić information content (AvgIpc) is 2.56. The van der Waals surface area contributed by atoms with Gasteiger partial charge >= 0.3 is 0 Å². The molecule has 0 spiro atoms. The van der Waals surface area contributed by atoms with Gasteiger partial charge in [0.1, 0.15) is 0 Å². The zero-order chi connectivity index (χ0) is 10.5. The van der Waals surface area contributed by atoms with Crippen molar-refractivity contribution in [1.82, 2.24) is 0 Å². The van der Waals surface area contributed by atoms with Crippen molar-refractivity contribution in [1.29, 1.82) is 0 Å². The Balaban J connectivity index is 2.28. The highest BCUT2D eigenvalue weighted by Gasteiger charge is 2.40. The Labute approximate surface area is 89.1 Å². The van der Waals surface area contributed by atoms with Crippen LogP contribution in [-0.2, 0) is 4.79 Å². The van der Waals surface area contributed by atoms with E-state index in [-0.39, 0.29) is 5.41 Å². The van der Waals surface area contributed by atoms with Crippen molar-refractivity contribution in [3.63, 3.8) is 0 Å². The molecule has 15 heavy (non-hydrogen) atoms. The lowest BCUT2D eigenvalue weighted by Crippen LogP contribution is -2.24. The monoisotopic (exact) mass is 196 g/mol. The molecule has 2 aliphatic rings. The highest BCUT2D eigenvalue weighted by atomic mass is 16.1. The summed E-state index contributed by atoms with van der Waals surface area (Å²) >= 11 is 0. The van der Waals surface area contributed by atoms with Crippen LogP contribution in [0.1, 0.15) is 24.5 Å². The van der Waals surface area contributed by atoms with Gasteiger partial charge in [-0.15, -0.1) is 0 Å². The molecule has 0 heterocycles. The SMILES string of the molecule is CC12C=Cc3ccccc3C1=CCC2=O. The second-order valence-corrected chi connectivity index (χ2v) is 4.37. The number of allylic oxidation sites excluding steroid dienone is 3. The van der Waals surface area contributed by atoms with Crippen LogP contribution in [-0.4, -0.2) is 5.78 Å². The van der Waals surface area contributed by atoms with Crippen molar-refractivity contribution in [3.8, 4) is 0 Å². The molecule has 1 unspecified atom stereocenters. The molecule has 0 amide bonds. The lowest BCUT2D eigenvalue weighted by molar-refractivity contribution is -0.121. The molecule has 0 radical (unpaired) electrons. The Kier molecular flexibility index (Phi) is 1.55. The first-order valence-electron chi connectivity index (χ1n) is 5.24. The summed E-state index contributed by atoms with van der Waals surface area (Å²) in [4.78, 5) is 11.8. The van der Waals surface area contributed by atoms with Crippen LogP contribution in [0.15, 0.2) is 36.4 Å². The molecule has 2 aliphatic carbocycles. The van der Waals surface area contributed by atoms with E-state index in [9.17, 15) is 4.79 Å². The fourth-order valence-corrected chi connectivity index (χ4v) is 2.49. The molecule has 0 bridgehead atoms. The number of fused-ring (bicyclic) bond motifs is 3. The molecule has 3 rings (SSSR count). The summed E-state index contributed by atoms with van der Waals surface area (Å²) in [7, 11) is 0. The molecular formula is C14H12O. The third-order valence-electron chi connectivity index (χ3n) is 3.48. The van der Waals surface area contributed by atoms with E-state index in [0.717, 1.165) is 0 Å². The number of Topliss-reactive ketones (excluding diaryl/α,β-unsaturated/α-hetero) is 1. The van der Waals surface area contributed by atoms with Gasteiger partial charge in [-0.25, -0.2) is 0 Å². The highest BCUT2D eigenvalue weighted by molar-refractivity contribution is 6.08. The summed E-state index contributed by atoms with van der Waals surface area (Å²) in [5.41, 5.74) is 3.25. The van der Waals surface area contributed by atoms with Crippen LogP contribution in [0.2, 0.25) is 0 Å². The minimum Gasteiger partial charge on any atom is -0.298 e. The number of hydrogen-bond acceptors (Lipinski definition) is 1. The van der Waals surface area contributed by atoms with Crippen molar-refractivity contribution in [2.24, 2.45) is 5.41 Å². The maximum atomic E-state index is 11.8. The van der Waals surface area contributed by atoms with Gasteiger partial charge in [0.15, 0.2) is 5.78 Å². The fourth-order valence-electron chi connectivity index (χ4n) is 2.49. The molecule has 0 fully saturated rings. The molecule has 0 N–H and O–H groups in total. The van der Waals surface area contributed by atoms with E-state index in [1.54, 1.807) is 0 Å². The zero-order valence-corrected chi connectivity index (χ0v) is 8.66. The van der Waals surface area contributed by atoms with Crippen molar-refractivity contribution in [3.05, 3.63) is 47.5 Å². The first-order valence-corrected chi connectivity index (χ1v) is 5.24. The molecule has 0 aromatic heterocycles. The molecule has 1 heteroatoms. The number of carbonyl (C=O) groups is 1. The number of hydrogen-bond donors (Lipinski definition) is 0. The molecule has 0 aliphatic heterocycles. The van der Waals surface area contributed by atoms with Gasteiger partial charge in [-0.05, 0) is 23.6 Å². The first kappa shape index (κ1) is 8.66. The average molecular weight is 196 g/mol. The zero-order valence-electron chi connectivity index (χ0n) is 8.66. The number of ketones is 1. The van der Waals surface area contributed by atoms with Crippen LogP contribution >= 0.6 is 0 Å². The van der Waals surface area contributed by atoms with Gasteiger partial charge in [-0.2, -0.15) is 0 Å². The summed E-state index contributed by atoms with van der Waals surface area (Å²) in [5, 5.41) is 0. The smallest absolute Gasteiger partial charge is 0.150 e. The van der Waals surface area contributed by atoms with Gasteiger partial charge in [0.2, 0.25) is 0 Å². The van der Waals surface area contributed by atoms with Crippen LogP contribution in [0.3, 0.4) is 0 Å². The number of carbonyl (C=O) groups excluding carboxylic acids is 1. The third kappa shape index (κ3) is 1.01. The highest BCUT2D eigenvalue weighted by Crippen LogP contribution is 2.47. The summed E-state index contributed by atoms with van der Waals surface area (Å²) in [5.74, 6) is 0.309. The van der Waals surface area contributed by atoms with E-state index in [1.165, 1.54) is 16.7 Å². The van der Waals surface area contributed by atoms with Crippen LogP contribution in [0, 0.1) is 5.41 Å². The Morgan fingerprint density at radius 1 is 1.27 bits per heavy atom. The van der Waals surface area contributed by atoms with E-state index in [2.05, 4.69) is 24.3 Å². The Morgan fingerprint density at radius 2 is 2.07 bits per heavy atom. The van der Waals surface area contributed by atoms with E-state index >= 15 is 0 Å². The second-order valence-electron chi connectivity index (χ2n) is 4.37. The van der Waals surface area contributed by atoms with Crippen LogP contribution < -0.4 is 0 Å². The van der Waals surface area contributed by atoms with Gasteiger partial charge in [0.05, 0.1) is 5.41 Å². The van der Waals surface area contributed by atoms with Gasteiger partial charge in [0.25, 0.3) is 0 Å². The summed E-state index contributed by atoms with van der Waals surface area (Å²) in [6, 6.07) is 8.25. The first-order chi connectivity index (χ1) is 7.22. The van der Waals surface area contributed by atoms with Crippen LogP contribution in [0.5, 0.6) is 0 Å². The predicted molar refractivity (Wildman–Crippen MR) is 61.2 cm³/mol. The van der Waals surface area contributed by atoms with E-state index in [4.69, 9.17) is 0 Å². The van der Waals surface area contributed by atoms with E-state index in [0.29, 0.717) is 12.2 Å². The second kappa shape index (κ2) is 2.69. The van der Waals surface area contributed by atoms with Crippen molar-refractivity contribution < 1.29 is 4.79 Å². The quantitative estimate of drug-likeness (QED) is 0.623. The van der Waals surface area contributed by atoms with Crippen molar-refractivity contribution in [2.45, 2.75) is 13.3 Å². The van der Waals surface area contributed by atoms with E-state index in [1.807, 2.05) is 25.1 Å². The molecule has 1 nitrogen and oxygen atoms in total. The molecule has 74 valence electrons. The maximum absolute atomic E-state index is 11.8. The maximum Gasteiger partial charge on any atom is 0.150 e. The van der Waals surface area contributed by atoms with Gasteiger partial charge < -0.3 is 0 Å². The lowest BCUT2D eigenvalue weighted by Gasteiger charge is -2.27. The Hall–Kier alpha value is -1.63. The summed E-state index contributed by atoms with van der Waals surface area (Å²) < 4.78 is 0. The minimum atomic E-state index is -0.367. The van der Waals surface area contributed by atoms with Crippen LogP contribution in [0.4, 0.5) is 0 Å². The Morgan fingerprint density at radius 3 is 2.93 bits per heavy atom. The molecular weight excluding hydrogens is 184 g/mol. The minimum absolute atomic E-state index is 0.309. The van der Waals surface area contributed by atoms with Crippen molar-refractivity contribution >= 4 is 17.4 Å². The van der Waals surface area contributed by atoms with Gasteiger partial charge in [0, 0.05) is 6.42 Å². The topological polar surface area (TPSA) is 17.1 Å². The molecule has 0 saturated carbocycles. The Bertz CT molecular complexity index is 508. The number of rotatable bonds is 0. The predicted octanol–water partition coefficient (Wildman–Crippen LogP) is 3.08. The molecule has 0 saturated heterocycles. The molecule has 1 aromatic carbocycles. The third-order valence-corrected chi connectivity index (χ3v) is 3.48. The molecule has 1 aromatic rings. The fraction of sp³-hybridized carbons (Fsp3) is 0.214. The number of benzene rings is 1. The van der Waals surface area contributed by atoms with Gasteiger partial charge in [-0.3, -0.25) is 4.79 Å². The summed E-state index contributed by atoms with van der Waals surface area (Å²) in [6.45, 7) is 2.01. The van der Waals surface area contributed by atoms with Crippen LogP contribution in [0.25, 0.3) is 11.6 Å². The molecule has 1 atom stereocenters. The standard InChI is InChI=1S/C14H12O/c1-14-9-8-10-4-2-3-5-11(10)12(14)6-7-13(14)15/h2-6,8-9H,7H2,1H3.